The van der Waals surface area contributed by atoms with Gasteiger partial charge in [-0.05, 0) is 24.7 Å². The fraction of sp³-hybridized carbons (Fsp3) is 0.800. The number of carboxylic acids is 1. The molecule has 14 heavy (non-hydrogen) atoms. The minimum Gasteiger partial charge on any atom is -0.481 e. The average Bonchev–Trinajstić information content (AvgIpc) is 2.45. The monoisotopic (exact) mass is 197 g/mol. The van der Waals surface area contributed by atoms with Crippen LogP contribution in [-0.2, 0) is 9.59 Å². The quantitative estimate of drug-likeness (QED) is 0.687. The SMILES string of the molecule is O=C(O)C[C@@H]1CCC[C@@H]2CC(=O)N[C@@H]21. The molecule has 1 amide bonds. The molecule has 0 aromatic rings. The van der Waals surface area contributed by atoms with E-state index in [4.69, 9.17) is 5.11 Å². The summed E-state index contributed by atoms with van der Waals surface area (Å²) < 4.78 is 0. The van der Waals surface area contributed by atoms with Crippen LogP contribution in [0.3, 0.4) is 0 Å². The topological polar surface area (TPSA) is 66.4 Å². The van der Waals surface area contributed by atoms with Crippen LogP contribution >= 0.6 is 0 Å². The average molecular weight is 197 g/mol. The second kappa shape index (κ2) is 3.59. The molecule has 2 fully saturated rings. The Kier molecular flexibility index (Phi) is 2.44. The number of carboxylic acid groups (broad SMARTS) is 1. The summed E-state index contributed by atoms with van der Waals surface area (Å²) in [6.07, 6.45) is 3.86. The van der Waals surface area contributed by atoms with Crippen molar-refractivity contribution in [1.29, 1.82) is 0 Å². The number of fused-ring (bicyclic) bond motifs is 1. The fourth-order valence-electron chi connectivity index (χ4n) is 2.79. The molecule has 0 spiro atoms. The minimum absolute atomic E-state index is 0.0947. The van der Waals surface area contributed by atoms with Crippen molar-refractivity contribution in [2.45, 2.75) is 38.1 Å². The van der Waals surface area contributed by atoms with E-state index in [-0.39, 0.29) is 24.3 Å². The Labute approximate surface area is 82.7 Å². The van der Waals surface area contributed by atoms with E-state index in [0.717, 1.165) is 19.3 Å². The van der Waals surface area contributed by atoms with E-state index in [9.17, 15) is 9.59 Å². The molecule has 3 atom stereocenters. The fourth-order valence-corrected chi connectivity index (χ4v) is 2.79. The van der Waals surface area contributed by atoms with Crippen molar-refractivity contribution in [1.82, 2.24) is 5.32 Å². The van der Waals surface area contributed by atoms with E-state index in [1.165, 1.54) is 0 Å². The molecule has 1 aliphatic heterocycles. The molecule has 0 aromatic carbocycles. The minimum atomic E-state index is -0.753. The summed E-state index contributed by atoms with van der Waals surface area (Å²) in [5.41, 5.74) is 0. The lowest BCUT2D eigenvalue weighted by Crippen LogP contribution is -2.40. The Hall–Kier alpha value is -1.06. The number of rotatable bonds is 2. The Morgan fingerprint density at radius 3 is 3.00 bits per heavy atom. The predicted octanol–water partition coefficient (Wildman–Crippen LogP) is 0.766. The van der Waals surface area contributed by atoms with Crippen LogP contribution in [0.15, 0.2) is 0 Å². The molecule has 2 N–H and O–H groups in total. The highest BCUT2D eigenvalue weighted by atomic mass is 16.4. The van der Waals surface area contributed by atoms with Crippen molar-refractivity contribution >= 4 is 11.9 Å². The van der Waals surface area contributed by atoms with Gasteiger partial charge in [0.1, 0.15) is 0 Å². The number of amides is 1. The molecule has 0 unspecified atom stereocenters. The summed E-state index contributed by atoms with van der Waals surface area (Å²) in [6.45, 7) is 0. The molecule has 78 valence electrons. The lowest BCUT2D eigenvalue weighted by Gasteiger charge is -2.32. The first-order chi connectivity index (χ1) is 6.66. The van der Waals surface area contributed by atoms with E-state index in [2.05, 4.69) is 5.32 Å². The number of nitrogens with one attached hydrogen (secondary N) is 1. The maximum Gasteiger partial charge on any atom is 0.303 e. The number of carbonyl (C=O) groups is 2. The van der Waals surface area contributed by atoms with Crippen LogP contribution in [0.25, 0.3) is 0 Å². The van der Waals surface area contributed by atoms with Crippen molar-refractivity contribution in [3.63, 3.8) is 0 Å². The first-order valence-electron chi connectivity index (χ1n) is 5.18. The normalized spacial score (nSPS) is 36.3. The molecule has 1 aliphatic carbocycles. The number of carbonyl (C=O) groups excluding carboxylic acids is 1. The van der Waals surface area contributed by atoms with Crippen LogP contribution in [0, 0.1) is 11.8 Å². The smallest absolute Gasteiger partial charge is 0.303 e. The lowest BCUT2D eigenvalue weighted by atomic mass is 9.76. The third kappa shape index (κ3) is 1.74. The molecule has 2 rings (SSSR count). The first kappa shape index (κ1) is 9.49. The summed E-state index contributed by atoms with van der Waals surface area (Å²) in [5.74, 6) is -0.118. The van der Waals surface area contributed by atoms with Gasteiger partial charge in [-0.3, -0.25) is 9.59 Å². The van der Waals surface area contributed by atoms with Crippen LogP contribution < -0.4 is 5.32 Å². The van der Waals surface area contributed by atoms with Crippen LogP contribution in [0.1, 0.15) is 32.1 Å². The van der Waals surface area contributed by atoms with Crippen molar-refractivity contribution in [3.05, 3.63) is 0 Å². The Morgan fingerprint density at radius 2 is 2.29 bits per heavy atom. The van der Waals surface area contributed by atoms with Gasteiger partial charge in [0.25, 0.3) is 0 Å². The van der Waals surface area contributed by atoms with Gasteiger partial charge >= 0.3 is 5.97 Å². The molecule has 1 heterocycles. The number of hydrogen-bond acceptors (Lipinski definition) is 2. The van der Waals surface area contributed by atoms with Gasteiger partial charge < -0.3 is 10.4 Å². The first-order valence-corrected chi connectivity index (χ1v) is 5.18. The molecule has 0 radical (unpaired) electrons. The Bertz CT molecular complexity index is 264. The Morgan fingerprint density at radius 1 is 1.50 bits per heavy atom. The van der Waals surface area contributed by atoms with Gasteiger partial charge in [-0.2, -0.15) is 0 Å². The molecule has 4 heteroatoms. The molecular formula is C10H15NO3. The second-order valence-corrected chi connectivity index (χ2v) is 4.35. The van der Waals surface area contributed by atoms with Gasteiger partial charge in [0.15, 0.2) is 0 Å². The van der Waals surface area contributed by atoms with Gasteiger partial charge in [-0.25, -0.2) is 0 Å². The largest absolute Gasteiger partial charge is 0.481 e. The molecule has 0 aromatic heterocycles. The maximum atomic E-state index is 11.2. The number of hydrogen-bond donors (Lipinski definition) is 2. The summed E-state index contributed by atoms with van der Waals surface area (Å²) in [5, 5.41) is 11.6. The van der Waals surface area contributed by atoms with Crippen LogP contribution in [0.2, 0.25) is 0 Å². The molecule has 4 nitrogen and oxygen atoms in total. The molecule has 1 saturated heterocycles. The zero-order chi connectivity index (χ0) is 10.1. The van der Waals surface area contributed by atoms with Crippen molar-refractivity contribution in [2.24, 2.45) is 11.8 Å². The van der Waals surface area contributed by atoms with Gasteiger partial charge in [-0.1, -0.05) is 6.42 Å². The van der Waals surface area contributed by atoms with Crippen LogP contribution in [0.4, 0.5) is 0 Å². The third-order valence-electron chi connectivity index (χ3n) is 3.38. The zero-order valence-corrected chi connectivity index (χ0v) is 8.03. The van der Waals surface area contributed by atoms with Crippen LogP contribution in [0.5, 0.6) is 0 Å². The Balaban J connectivity index is 2.03. The van der Waals surface area contributed by atoms with Gasteiger partial charge in [0.2, 0.25) is 5.91 Å². The molecule has 1 saturated carbocycles. The van der Waals surface area contributed by atoms with Gasteiger partial charge in [0.05, 0.1) is 6.42 Å². The van der Waals surface area contributed by atoms with E-state index >= 15 is 0 Å². The predicted molar refractivity (Wildman–Crippen MR) is 49.6 cm³/mol. The van der Waals surface area contributed by atoms with Gasteiger partial charge in [0, 0.05) is 12.5 Å². The summed E-state index contributed by atoms with van der Waals surface area (Å²) in [6, 6.07) is 0.132. The molecular weight excluding hydrogens is 182 g/mol. The maximum absolute atomic E-state index is 11.2. The third-order valence-corrected chi connectivity index (χ3v) is 3.38. The van der Waals surface area contributed by atoms with E-state index < -0.39 is 5.97 Å². The van der Waals surface area contributed by atoms with E-state index in [1.54, 1.807) is 0 Å². The van der Waals surface area contributed by atoms with Crippen LogP contribution in [-0.4, -0.2) is 23.0 Å². The zero-order valence-electron chi connectivity index (χ0n) is 8.03. The number of aliphatic carboxylic acids is 1. The highest BCUT2D eigenvalue weighted by Gasteiger charge is 2.40. The summed E-state index contributed by atoms with van der Waals surface area (Å²) >= 11 is 0. The second-order valence-electron chi connectivity index (χ2n) is 4.35. The van der Waals surface area contributed by atoms with Gasteiger partial charge in [-0.15, -0.1) is 0 Å². The van der Waals surface area contributed by atoms with Crippen molar-refractivity contribution in [3.8, 4) is 0 Å². The highest BCUT2D eigenvalue weighted by Crippen LogP contribution is 2.36. The van der Waals surface area contributed by atoms with E-state index in [1.807, 2.05) is 0 Å². The summed E-state index contributed by atoms with van der Waals surface area (Å²) in [4.78, 5) is 21.8. The highest BCUT2D eigenvalue weighted by molar-refractivity contribution is 5.79. The lowest BCUT2D eigenvalue weighted by molar-refractivity contribution is -0.138. The van der Waals surface area contributed by atoms with E-state index in [0.29, 0.717) is 12.3 Å². The molecule has 2 aliphatic rings. The summed E-state index contributed by atoms with van der Waals surface area (Å²) in [7, 11) is 0. The molecule has 0 bridgehead atoms. The van der Waals surface area contributed by atoms with Crippen molar-refractivity contribution in [2.75, 3.05) is 0 Å². The standard InChI is InChI=1S/C10H15NO3/c12-8-4-6-2-1-3-7(5-9(13)14)10(6)11-8/h6-7,10H,1-5H2,(H,11,12)(H,13,14)/t6-,7+,10+/m1/s1. The van der Waals surface area contributed by atoms with Crippen molar-refractivity contribution < 1.29 is 14.7 Å².